The molecule has 26 heavy (non-hydrogen) atoms. The summed E-state index contributed by atoms with van der Waals surface area (Å²) in [6.45, 7) is 1.89. The molecular weight excluding hydrogens is 336 g/mol. The smallest absolute Gasteiger partial charge is 0.310 e. The van der Waals surface area contributed by atoms with Crippen LogP contribution in [-0.4, -0.2) is 51.0 Å². The van der Waals surface area contributed by atoms with Gasteiger partial charge in [0.15, 0.2) is 5.69 Å². The van der Waals surface area contributed by atoms with Crippen LogP contribution in [0.4, 0.5) is 23.0 Å². The van der Waals surface area contributed by atoms with E-state index in [1.807, 2.05) is 6.07 Å². The topological polar surface area (TPSA) is 133 Å². The number of nitriles is 1. The molecule has 0 aromatic carbocycles. The van der Waals surface area contributed by atoms with Crippen molar-refractivity contribution < 1.29 is 4.92 Å². The molecule has 0 spiro atoms. The van der Waals surface area contributed by atoms with Gasteiger partial charge in [0, 0.05) is 12.1 Å². The maximum absolute atomic E-state index is 11.3. The molecule has 134 valence electrons. The van der Waals surface area contributed by atoms with Crippen LogP contribution in [0.2, 0.25) is 0 Å². The van der Waals surface area contributed by atoms with Crippen LogP contribution in [-0.2, 0) is 0 Å². The summed E-state index contributed by atoms with van der Waals surface area (Å²) in [5.74, 6) is 0.806. The molecule has 2 aromatic rings. The second-order valence-electron chi connectivity index (χ2n) is 6.09. The summed E-state index contributed by atoms with van der Waals surface area (Å²) in [6.07, 6.45) is 5.80. The van der Waals surface area contributed by atoms with Crippen LogP contribution in [0.15, 0.2) is 24.7 Å². The van der Waals surface area contributed by atoms with Gasteiger partial charge in [-0.2, -0.15) is 5.26 Å². The van der Waals surface area contributed by atoms with Crippen molar-refractivity contribution in [2.45, 2.75) is 18.9 Å². The molecular formula is C16H18N8O2. The van der Waals surface area contributed by atoms with E-state index in [2.05, 4.69) is 37.5 Å². The van der Waals surface area contributed by atoms with Crippen LogP contribution in [0.1, 0.15) is 18.5 Å². The Bertz CT molecular complexity index is 825. The predicted molar refractivity (Wildman–Crippen MR) is 95.1 cm³/mol. The Hall–Kier alpha value is -3.32. The summed E-state index contributed by atoms with van der Waals surface area (Å²) in [7, 11) is 2.06. The molecule has 0 radical (unpaired) electrons. The molecule has 2 aromatic heterocycles. The molecule has 0 saturated carbocycles. The number of hydrogen-bond acceptors (Lipinski definition) is 9. The van der Waals surface area contributed by atoms with E-state index in [1.165, 1.54) is 18.6 Å². The normalized spacial score (nSPS) is 15.2. The number of nitro groups is 1. The minimum Gasteiger partial charge on any atom is -0.376 e. The highest BCUT2D eigenvalue weighted by molar-refractivity contribution is 5.67. The zero-order valence-electron chi connectivity index (χ0n) is 14.2. The lowest BCUT2D eigenvalue weighted by atomic mass is 10.1. The highest BCUT2D eigenvalue weighted by atomic mass is 16.6. The minimum atomic E-state index is -0.449. The molecule has 0 aliphatic carbocycles. The molecule has 1 fully saturated rings. The Morgan fingerprint density at radius 1 is 1.23 bits per heavy atom. The molecule has 0 atom stereocenters. The van der Waals surface area contributed by atoms with E-state index in [4.69, 9.17) is 5.26 Å². The number of pyridine rings is 1. The summed E-state index contributed by atoms with van der Waals surface area (Å²) < 4.78 is 0. The summed E-state index contributed by atoms with van der Waals surface area (Å²) in [6, 6.07) is 3.66. The molecule has 10 heteroatoms. The second kappa shape index (κ2) is 7.71. The van der Waals surface area contributed by atoms with E-state index >= 15 is 0 Å². The highest BCUT2D eigenvalue weighted by Gasteiger charge is 2.21. The van der Waals surface area contributed by atoms with Crippen molar-refractivity contribution in [1.29, 1.82) is 5.26 Å². The molecule has 1 aliphatic heterocycles. The zero-order chi connectivity index (χ0) is 18.5. The predicted octanol–water partition coefficient (Wildman–Crippen LogP) is 1.90. The van der Waals surface area contributed by atoms with Gasteiger partial charge in [0.2, 0.25) is 0 Å². The Balaban J connectivity index is 1.79. The second-order valence-corrected chi connectivity index (χ2v) is 6.09. The van der Waals surface area contributed by atoms with Crippen molar-refractivity contribution >= 4 is 23.0 Å². The number of nitrogens with one attached hydrogen (secondary N) is 2. The van der Waals surface area contributed by atoms with Crippen molar-refractivity contribution in [3.63, 3.8) is 0 Å². The van der Waals surface area contributed by atoms with Crippen LogP contribution in [0.5, 0.6) is 0 Å². The van der Waals surface area contributed by atoms with Gasteiger partial charge in [-0.05, 0) is 33.0 Å². The van der Waals surface area contributed by atoms with Gasteiger partial charge < -0.3 is 15.5 Å². The Labute approximate surface area is 150 Å². The van der Waals surface area contributed by atoms with E-state index in [-0.39, 0.29) is 17.4 Å². The van der Waals surface area contributed by atoms with Crippen LogP contribution in [0.3, 0.4) is 0 Å². The number of hydrogen-bond donors (Lipinski definition) is 2. The molecule has 1 aliphatic rings. The Morgan fingerprint density at radius 2 is 1.96 bits per heavy atom. The van der Waals surface area contributed by atoms with E-state index in [9.17, 15) is 10.1 Å². The largest absolute Gasteiger partial charge is 0.376 e. The van der Waals surface area contributed by atoms with Crippen molar-refractivity contribution in [3.05, 3.63) is 40.5 Å². The number of aromatic nitrogens is 3. The maximum atomic E-state index is 11.3. The van der Waals surface area contributed by atoms with E-state index < -0.39 is 4.92 Å². The number of anilines is 3. The van der Waals surface area contributed by atoms with Crippen LogP contribution in [0, 0.1) is 21.4 Å². The molecule has 0 bridgehead atoms. The Kier molecular flexibility index (Phi) is 5.19. The molecule has 3 rings (SSSR count). The van der Waals surface area contributed by atoms with Crippen LogP contribution >= 0.6 is 0 Å². The highest BCUT2D eigenvalue weighted by Crippen LogP contribution is 2.28. The fraction of sp³-hybridized carbons (Fsp3) is 0.375. The third kappa shape index (κ3) is 4.20. The Morgan fingerprint density at radius 3 is 2.58 bits per heavy atom. The molecule has 1 saturated heterocycles. The summed E-state index contributed by atoms with van der Waals surface area (Å²) in [5.41, 5.74) is 0.556. The number of likely N-dealkylation sites (tertiary alicyclic amines) is 1. The molecule has 0 unspecified atom stereocenters. The van der Waals surface area contributed by atoms with E-state index in [0.717, 1.165) is 25.9 Å². The van der Waals surface area contributed by atoms with Crippen molar-refractivity contribution in [2.24, 2.45) is 0 Å². The fourth-order valence-corrected chi connectivity index (χ4v) is 2.73. The minimum absolute atomic E-state index is 0.0691. The van der Waals surface area contributed by atoms with Gasteiger partial charge >= 0.3 is 5.69 Å². The van der Waals surface area contributed by atoms with Gasteiger partial charge in [0.05, 0.1) is 17.3 Å². The van der Waals surface area contributed by atoms with Gasteiger partial charge in [-0.15, -0.1) is 0 Å². The number of nitrogens with zero attached hydrogens (tertiary/aromatic N) is 6. The average Bonchev–Trinajstić information content (AvgIpc) is 2.64. The van der Waals surface area contributed by atoms with Gasteiger partial charge in [-0.3, -0.25) is 10.1 Å². The maximum Gasteiger partial charge on any atom is 0.310 e. The van der Waals surface area contributed by atoms with Gasteiger partial charge in [0.1, 0.15) is 29.6 Å². The first-order valence-corrected chi connectivity index (χ1v) is 8.14. The first-order chi connectivity index (χ1) is 12.5. The van der Waals surface area contributed by atoms with Gasteiger partial charge in [-0.25, -0.2) is 15.0 Å². The first kappa shape index (κ1) is 17.5. The van der Waals surface area contributed by atoms with E-state index in [0.29, 0.717) is 17.3 Å². The number of piperidine rings is 1. The third-order valence-corrected chi connectivity index (χ3v) is 4.18. The van der Waals surface area contributed by atoms with Crippen LogP contribution < -0.4 is 10.6 Å². The fourth-order valence-electron chi connectivity index (χ4n) is 2.73. The van der Waals surface area contributed by atoms with Crippen LogP contribution in [0.25, 0.3) is 0 Å². The third-order valence-electron chi connectivity index (χ3n) is 4.18. The summed E-state index contributed by atoms with van der Waals surface area (Å²) >= 11 is 0. The average molecular weight is 354 g/mol. The lowest BCUT2D eigenvalue weighted by Gasteiger charge is -2.30. The monoisotopic (exact) mass is 354 g/mol. The molecule has 10 nitrogen and oxygen atoms in total. The zero-order valence-corrected chi connectivity index (χ0v) is 14.2. The molecule has 2 N–H and O–H groups in total. The van der Waals surface area contributed by atoms with Crippen molar-refractivity contribution in [1.82, 2.24) is 19.9 Å². The van der Waals surface area contributed by atoms with E-state index in [1.54, 1.807) is 6.07 Å². The number of rotatable bonds is 5. The van der Waals surface area contributed by atoms with Crippen molar-refractivity contribution in [3.8, 4) is 6.07 Å². The molecule has 3 heterocycles. The van der Waals surface area contributed by atoms with Gasteiger partial charge in [0.25, 0.3) is 0 Å². The SMILES string of the molecule is CN1CCC(Nc2cc(Nc3cnc(C#N)cn3)ncc2[N+](=O)[O-])CC1. The molecule has 0 amide bonds. The summed E-state index contributed by atoms with van der Waals surface area (Å²) in [4.78, 5) is 25.1. The quantitative estimate of drug-likeness (QED) is 0.610. The first-order valence-electron chi connectivity index (χ1n) is 8.14. The standard InChI is InChI=1S/C16H18N8O2/c1-23-4-2-11(3-5-23)21-13-6-15(20-9-14(13)24(25)26)22-16-10-18-12(7-17)8-19-16/h6,8-11H,2-5H2,1H3,(H2,19,20,21,22). The summed E-state index contributed by atoms with van der Waals surface area (Å²) in [5, 5.41) is 26.3. The van der Waals surface area contributed by atoms with Gasteiger partial charge in [-0.1, -0.05) is 0 Å². The lowest BCUT2D eigenvalue weighted by molar-refractivity contribution is -0.384. The van der Waals surface area contributed by atoms with Crippen molar-refractivity contribution in [2.75, 3.05) is 30.8 Å². The lowest BCUT2D eigenvalue weighted by Crippen LogP contribution is -2.36.